The molecule has 0 radical (unpaired) electrons. The Balaban J connectivity index is 1.09. The van der Waals surface area contributed by atoms with Gasteiger partial charge in [-0.1, -0.05) is 30.7 Å². The first kappa shape index (κ1) is 34.4. The van der Waals surface area contributed by atoms with E-state index in [2.05, 4.69) is 10.8 Å². The van der Waals surface area contributed by atoms with Crippen LogP contribution in [0.1, 0.15) is 36.6 Å². The molecule has 0 aliphatic heterocycles. The molecule has 12 heteroatoms. The summed E-state index contributed by atoms with van der Waals surface area (Å²) in [5.41, 5.74) is 3.99. The summed E-state index contributed by atoms with van der Waals surface area (Å²) in [6, 6.07) is 31.3. The molecule has 0 saturated carbocycles. The molecule has 5 aromatic rings. The zero-order valence-electron chi connectivity index (χ0n) is 26.3. The van der Waals surface area contributed by atoms with Gasteiger partial charge in [-0.15, -0.1) is 0 Å². The van der Waals surface area contributed by atoms with Crippen LogP contribution in [0.5, 0.6) is 28.7 Å². The van der Waals surface area contributed by atoms with Gasteiger partial charge in [0.05, 0.1) is 22.4 Å². The fourth-order valence-corrected chi connectivity index (χ4v) is 4.56. The number of para-hydroxylation sites is 1. The average molecular weight is 675 g/mol. The summed E-state index contributed by atoms with van der Waals surface area (Å²) < 4.78 is 22.0. The standard InChI is InChI=1S/C38H30N2O10/c1-2-46-31-18-19-33(35(23-31)38(44)45)36(41)39-26-9-14-29(15-10-26)50-30-16-11-27(12-17-30)40-49-24-25-8-13-32(22-34(25)37(42)43)48-21-20-47-28-6-4-3-5-7-28/h1,3-19,22-23,40H,20-21,24H2,(H,39,41)(H,42,43)(H,44,45). The van der Waals surface area contributed by atoms with Crippen LogP contribution in [-0.4, -0.2) is 41.3 Å². The molecule has 4 N–H and O–H groups in total. The third-order valence-electron chi connectivity index (χ3n) is 6.94. The molecule has 0 spiro atoms. The fourth-order valence-electron chi connectivity index (χ4n) is 4.56. The van der Waals surface area contributed by atoms with Gasteiger partial charge in [0.15, 0.2) is 0 Å². The minimum absolute atomic E-state index is 0.0245. The van der Waals surface area contributed by atoms with E-state index in [1.165, 1.54) is 24.3 Å². The Morgan fingerprint density at radius 2 is 1.20 bits per heavy atom. The molecule has 0 unspecified atom stereocenters. The second-order valence-electron chi connectivity index (χ2n) is 10.4. The summed E-state index contributed by atoms with van der Waals surface area (Å²) in [6.07, 6.45) is 7.05. The van der Waals surface area contributed by atoms with Crippen LogP contribution in [0.4, 0.5) is 11.4 Å². The second kappa shape index (κ2) is 16.7. The lowest BCUT2D eigenvalue weighted by Crippen LogP contribution is -2.16. The molecule has 0 atom stereocenters. The van der Waals surface area contributed by atoms with Gasteiger partial charge in [-0.25, -0.2) is 9.59 Å². The molecule has 5 aromatic carbocycles. The van der Waals surface area contributed by atoms with Crippen molar-refractivity contribution in [2.45, 2.75) is 6.61 Å². The highest BCUT2D eigenvalue weighted by Crippen LogP contribution is 2.26. The number of hydrogen-bond acceptors (Lipinski definition) is 9. The van der Waals surface area contributed by atoms with E-state index in [1.807, 2.05) is 36.4 Å². The first-order chi connectivity index (χ1) is 24.3. The molecule has 0 aromatic heterocycles. The molecule has 0 fully saturated rings. The SMILES string of the molecule is C#COc1ccc(C(=O)Nc2ccc(Oc3ccc(NOCc4ccc(OCCOc5ccccc5)cc4C(=O)O)cc3)cc2)c(C(=O)O)c1. The number of benzene rings is 5. The number of terminal acetylenes is 1. The molecular formula is C38H30N2O10. The van der Waals surface area contributed by atoms with Crippen molar-refractivity contribution in [3.63, 3.8) is 0 Å². The van der Waals surface area contributed by atoms with Gasteiger partial charge in [0.1, 0.15) is 54.7 Å². The maximum atomic E-state index is 12.8. The van der Waals surface area contributed by atoms with Crippen LogP contribution < -0.4 is 29.7 Å². The van der Waals surface area contributed by atoms with Gasteiger partial charge < -0.3 is 34.5 Å². The molecule has 0 saturated heterocycles. The monoisotopic (exact) mass is 674 g/mol. The largest absolute Gasteiger partial charge is 0.490 e. The number of carboxylic acid groups (broad SMARTS) is 2. The van der Waals surface area contributed by atoms with Crippen LogP contribution >= 0.6 is 0 Å². The lowest BCUT2D eigenvalue weighted by atomic mass is 10.1. The third-order valence-corrected chi connectivity index (χ3v) is 6.94. The summed E-state index contributed by atoms with van der Waals surface area (Å²) in [5, 5.41) is 21.9. The van der Waals surface area contributed by atoms with Gasteiger partial charge in [-0.2, -0.15) is 0 Å². The van der Waals surface area contributed by atoms with Crippen LogP contribution in [-0.2, 0) is 11.4 Å². The highest BCUT2D eigenvalue weighted by atomic mass is 16.6. The molecule has 0 bridgehead atoms. The minimum atomic E-state index is -1.31. The number of aromatic carboxylic acids is 2. The van der Waals surface area contributed by atoms with Crippen molar-refractivity contribution in [2.24, 2.45) is 0 Å². The topological polar surface area (TPSA) is 162 Å². The fraction of sp³-hybridized carbons (Fsp3) is 0.0789. The predicted octanol–water partition coefficient (Wildman–Crippen LogP) is 7.10. The van der Waals surface area contributed by atoms with Crippen molar-refractivity contribution in [2.75, 3.05) is 24.0 Å². The van der Waals surface area contributed by atoms with Crippen molar-refractivity contribution in [1.29, 1.82) is 0 Å². The third kappa shape index (κ3) is 9.54. The van der Waals surface area contributed by atoms with Gasteiger partial charge >= 0.3 is 11.9 Å². The van der Waals surface area contributed by atoms with Crippen molar-refractivity contribution in [3.05, 3.63) is 138 Å². The number of carbonyl (C=O) groups excluding carboxylic acids is 1. The van der Waals surface area contributed by atoms with E-state index in [0.717, 1.165) is 5.75 Å². The quantitative estimate of drug-likeness (QED) is 0.0480. The molecule has 0 aliphatic rings. The molecule has 50 heavy (non-hydrogen) atoms. The Morgan fingerprint density at radius 3 is 1.84 bits per heavy atom. The van der Waals surface area contributed by atoms with E-state index >= 15 is 0 Å². The van der Waals surface area contributed by atoms with E-state index in [9.17, 15) is 24.6 Å². The van der Waals surface area contributed by atoms with Crippen LogP contribution in [0, 0.1) is 12.5 Å². The maximum Gasteiger partial charge on any atom is 0.336 e. The lowest BCUT2D eigenvalue weighted by molar-refractivity contribution is 0.0682. The Hall–Kier alpha value is -6.97. The van der Waals surface area contributed by atoms with E-state index in [-0.39, 0.29) is 35.7 Å². The Bertz CT molecular complexity index is 1990. The summed E-state index contributed by atoms with van der Waals surface area (Å²) in [7, 11) is 0. The zero-order chi connectivity index (χ0) is 35.3. The maximum absolute atomic E-state index is 12.8. The van der Waals surface area contributed by atoms with Crippen LogP contribution in [0.3, 0.4) is 0 Å². The highest BCUT2D eigenvalue weighted by Gasteiger charge is 2.18. The summed E-state index contributed by atoms with van der Waals surface area (Å²) in [6.45, 7) is 0.521. The normalized spacial score (nSPS) is 10.3. The zero-order valence-corrected chi connectivity index (χ0v) is 26.3. The second-order valence-corrected chi connectivity index (χ2v) is 10.4. The van der Waals surface area contributed by atoms with E-state index in [4.69, 9.17) is 30.2 Å². The van der Waals surface area contributed by atoms with Crippen molar-refractivity contribution in [3.8, 4) is 41.3 Å². The van der Waals surface area contributed by atoms with Gasteiger partial charge in [-0.3, -0.25) is 15.1 Å². The average Bonchev–Trinajstić information content (AvgIpc) is 3.12. The number of anilines is 2. The summed E-state index contributed by atoms with van der Waals surface area (Å²) in [4.78, 5) is 41.9. The molecular weight excluding hydrogens is 644 g/mol. The van der Waals surface area contributed by atoms with Gasteiger partial charge in [-0.05, 0) is 96.6 Å². The summed E-state index contributed by atoms with van der Waals surface area (Å²) >= 11 is 0. The van der Waals surface area contributed by atoms with Gasteiger partial charge in [0.2, 0.25) is 0 Å². The van der Waals surface area contributed by atoms with E-state index < -0.39 is 17.8 Å². The minimum Gasteiger partial charge on any atom is -0.490 e. The van der Waals surface area contributed by atoms with Crippen molar-refractivity contribution in [1.82, 2.24) is 0 Å². The Kier molecular flexibility index (Phi) is 11.5. The van der Waals surface area contributed by atoms with Crippen LogP contribution in [0.25, 0.3) is 0 Å². The Labute approximate surface area is 286 Å². The van der Waals surface area contributed by atoms with Crippen molar-refractivity contribution < 1.29 is 48.4 Å². The van der Waals surface area contributed by atoms with Crippen LogP contribution in [0.15, 0.2) is 115 Å². The number of carbonyl (C=O) groups is 3. The molecule has 5 rings (SSSR count). The molecule has 12 nitrogen and oxygen atoms in total. The number of ether oxygens (including phenoxy) is 4. The van der Waals surface area contributed by atoms with E-state index in [1.54, 1.807) is 60.7 Å². The summed E-state index contributed by atoms with van der Waals surface area (Å²) in [5.74, 6) is -0.788. The first-order valence-corrected chi connectivity index (χ1v) is 15.0. The van der Waals surface area contributed by atoms with Crippen LogP contribution in [0.2, 0.25) is 0 Å². The number of amides is 1. The highest BCUT2D eigenvalue weighted by molar-refractivity contribution is 6.10. The molecule has 0 heterocycles. The van der Waals surface area contributed by atoms with Crippen molar-refractivity contribution >= 4 is 29.2 Å². The predicted molar refractivity (Wildman–Crippen MR) is 183 cm³/mol. The smallest absolute Gasteiger partial charge is 0.336 e. The molecule has 0 aliphatic carbocycles. The number of nitrogens with one attached hydrogen (secondary N) is 2. The molecule has 252 valence electrons. The lowest BCUT2D eigenvalue weighted by Gasteiger charge is -2.13. The van der Waals surface area contributed by atoms with E-state index in [0.29, 0.717) is 40.8 Å². The number of carboxylic acids is 2. The Morgan fingerprint density at radius 1 is 0.620 bits per heavy atom. The van der Waals surface area contributed by atoms with Gasteiger partial charge in [0.25, 0.3) is 5.91 Å². The number of hydrogen-bond donors (Lipinski definition) is 4. The molecule has 1 amide bonds. The van der Waals surface area contributed by atoms with Gasteiger partial charge in [0, 0.05) is 5.69 Å². The first-order valence-electron chi connectivity index (χ1n) is 15.0. The number of rotatable bonds is 16.